The summed E-state index contributed by atoms with van der Waals surface area (Å²) in [6.07, 6.45) is 4.42. The first kappa shape index (κ1) is 13.1. The Bertz CT molecular complexity index is 492. The Morgan fingerprint density at radius 3 is 2.11 bits per heavy atom. The molecule has 1 heterocycles. The number of methoxy groups -OCH3 is 1. The van der Waals surface area contributed by atoms with Crippen molar-refractivity contribution in [2.45, 2.75) is 18.9 Å². The maximum Gasteiger partial charge on any atom is 0.118 e. The Labute approximate surface area is 113 Å². The number of ether oxygens (including phenoxy) is 1. The number of hydrogen-bond acceptors (Lipinski definition) is 2. The zero-order valence-electron chi connectivity index (χ0n) is 10.6. The van der Waals surface area contributed by atoms with E-state index in [1.54, 1.807) is 19.5 Å². The van der Waals surface area contributed by atoms with Gasteiger partial charge < -0.3 is 4.74 Å². The third-order valence-electron chi connectivity index (χ3n) is 3.30. The van der Waals surface area contributed by atoms with E-state index in [0.29, 0.717) is 0 Å². The molecule has 2 aromatic rings. The van der Waals surface area contributed by atoms with Gasteiger partial charge in [-0.15, -0.1) is 0 Å². The van der Waals surface area contributed by atoms with Crippen LogP contribution in [-0.4, -0.2) is 12.1 Å². The molecule has 0 N–H and O–H groups in total. The zero-order chi connectivity index (χ0) is 13.0. The van der Waals surface area contributed by atoms with Crippen LogP contribution in [0.1, 0.15) is 24.5 Å². The molecule has 0 amide bonds. The van der Waals surface area contributed by atoms with Crippen molar-refractivity contribution >= 4 is 11.6 Å². The molecule has 0 bridgehead atoms. The number of halogens is 1. The molecule has 0 fully saturated rings. The predicted octanol–water partition coefficient (Wildman–Crippen LogP) is 4.04. The minimum atomic E-state index is -0.437. The molecular weight excluding hydrogens is 246 g/mol. The lowest BCUT2D eigenvalue weighted by atomic mass is 9.84. The fourth-order valence-corrected chi connectivity index (χ4v) is 2.42. The molecule has 1 aromatic heterocycles. The summed E-state index contributed by atoms with van der Waals surface area (Å²) in [6.45, 7) is 2.11. The molecular formula is C15H16ClNO. The standard InChI is InChI=1S/C15H16ClNO/c1-3-15(18-2,13-8-10-17-11-9-13)12-4-6-14(16)7-5-12/h4-11H,3H2,1-2H3/t15-/m0/s1. The second kappa shape index (κ2) is 5.51. The molecule has 3 heteroatoms. The van der Waals surface area contributed by atoms with Crippen molar-refractivity contribution in [1.29, 1.82) is 0 Å². The van der Waals surface area contributed by atoms with Crippen LogP contribution in [0.5, 0.6) is 0 Å². The summed E-state index contributed by atoms with van der Waals surface area (Å²) in [5.74, 6) is 0. The summed E-state index contributed by atoms with van der Waals surface area (Å²) in [5.41, 5.74) is 1.76. The molecule has 0 spiro atoms. The van der Waals surface area contributed by atoms with Crippen LogP contribution in [0.4, 0.5) is 0 Å². The first-order chi connectivity index (χ1) is 8.73. The van der Waals surface area contributed by atoms with Crippen molar-refractivity contribution < 1.29 is 4.74 Å². The highest BCUT2D eigenvalue weighted by atomic mass is 35.5. The predicted molar refractivity (Wildman–Crippen MR) is 73.8 cm³/mol. The van der Waals surface area contributed by atoms with Crippen molar-refractivity contribution in [1.82, 2.24) is 4.98 Å². The van der Waals surface area contributed by atoms with Gasteiger partial charge in [0.25, 0.3) is 0 Å². The van der Waals surface area contributed by atoms with Crippen LogP contribution in [0.3, 0.4) is 0 Å². The minimum Gasteiger partial charge on any atom is -0.369 e. The fourth-order valence-electron chi connectivity index (χ4n) is 2.30. The van der Waals surface area contributed by atoms with Crippen LogP contribution in [0, 0.1) is 0 Å². The molecule has 0 radical (unpaired) electrons. The van der Waals surface area contributed by atoms with Crippen LogP contribution >= 0.6 is 11.6 Å². The second-order valence-corrected chi connectivity index (χ2v) is 4.56. The third kappa shape index (κ3) is 2.26. The lowest BCUT2D eigenvalue weighted by Gasteiger charge is -2.32. The average molecular weight is 262 g/mol. The van der Waals surface area contributed by atoms with Gasteiger partial charge in [-0.25, -0.2) is 0 Å². The quantitative estimate of drug-likeness (QED) is 0.829. The van der Waals surface area contributed by atoms with Crippen molar-refractivity contribution in [3.05, 3.63) is 64.9 Å². The summed E-state index contributed by atoms with van der Waals surface area (Å²) < 4.78 is 5.83. The number of aromatic nitrogens is 1. The van der Waals surface area contributed by atoms with Crippen molar-refractivity contribution in [2.24, 2.45) is 0 Å². The van der Waals surface area contributed by atoms with Gasteiger partial charge in [-0.3, -0.25) is 4.98 Å². The minimum absolute atomic E-state index is 0.437. The van der Waals surface area contributed by atoms with E-state index in [-0.39, 0.29) is 0 Å². The Morgan fingerprint density at radius 2 is 1.61 bits per heavy atom. The smallest absolute Gasteiger partial charge is 0.118 e. The summed E-state index contributed by atoms with van der Waals surface area (Å²) in [4.78, 5) is 4.06. The largest absolute Gasteiger partial charge is 0.369 e. The monoisotopic (exact) mass is 261 g/mol. The topological polar surface area (TPSA) is 22.1 Å². The molecule has 0 saturated carbocycles. The third-order valence-corrected chi connectivity index (χ3v) is 3.56. The summed E-state index contributed by atoms with van der Waals surface area (Å²) in [6, 6.07) is 11.8. The van der Waals surface area contributed by atoms with E-state index in [1.807, 2.05) is 36.4 Å². The number of nitrogens with zero attached hydrogens (tertiary/aromatic N) is 1. The lowest BCUT2D eigenvalue weighted by Crippen LogP contribution is -2.29. The number of benzene rings is 1. The van der Waals surface area contributed by atoms with E-state index in [2.05, 4.69) is 11.9 Å². The van der Waals surface area contributed by atoms with Crippen LogP contribution < -0.4 is 0 Å². The zero-order valence-corrected chi connectivity index (χ0v) is 11.3. The second-order valence-electron chi connectivity index (χ2n) is 4.13. The SMILES string of the molecule is CC[C@@](OC)(c1ccncc1)c1ccc(Cl)cc1. The Morgan fingerprint density at radius 1 is 1.06 bits per heavy atom. The highest BCUT2D eigenvalue weighted by Crippen LogP contribution is 2.36. The Balaban J connectivity index is 2.54. The van der Waals surface area contributed by atoms with Crippen LogP contribution in [-0.2, 0) is 10.3 Å². The first-order valence-electron chi connectivity index (χ1n) is 5.94. The highest BCUT2D eigenvalue weighted by Gasteiger charge is 2.32. The molecule has 0 aliphatic heterocycles. The molecule has 1 atom stereocenters. The Hall–Kier alpha value is -1.38. The van der Waals surface area contributed by atoms with Crippen molar-refractivity contribution in [3.63, 3.8) is 0 Å². The summed E-state index contributed by atoms with van der Waals surface area (Å²) in [5, 5.41) is 0.731. The van der Waals surface area contributed by atoms with Gasteiger partial charge in [-0.2, -0.15) is 0 Å². The summed E-state index contributed by atoms with van der Waals surface area (Å²) >= 11 is 5.94. The molecule has 94 valence electrons. The molecule has 0 aliphatic rings. The number of rotatable bonds is 4. The van der Waals surface area contributed by atoms with Gasteiger partial charge in [0.1, 0.15) is 5.60 Å². The van der Waals surface area contributed by atoms with Crippen LogP contribution in [0.25, 0.3) is 0 Å². The maximum absolute atomic E-state index is 5.94. The van der Waals surface area contributed by atoms with E-state index in [0.717, 1.165) is 22.6 Å². The van der Waals surface area contributed by atoms with Gasteiger partial charge >= 0.3 is 0 Å². The average Bonchev–Trinajstić information content (AvgIpc) is 2.44. The fraction of sp³-hybridized carbons (Fsp3) is 0.267. The highest BCUT2D eigenvalue weighted by molar-refractivity contribution is 6.30. The normalized spacial score (nSPS) is 14.2. The lowest BCUT2D eigenvalue weighted by molar-refractivity contribution is 0.0185. The van der Waals surface area contributed by atoms with Crippen LogP contribution in [0.15, 0.2) is 48.8 Å². The number of hydrogen-bond donors (Lipinski definition) is 0. The molecule has 18 heavy (non-hydrogen) atoms. The maximum atomic E-state index is 5.94. The van der Waals surface area contributed by atoms with Gasteiger partial charge in [0.05, 0.1) is 0 Å². The van der Waals surface area contributed by atoms with E-state index in [1.165, 1.54) is 0 Å². The van der Waals surface area contributed by atoms with Gasteiger partial charge in [-0.05, 0) is 41.8 Å². The van der Waals surface area contributed by atoms with E-state index < -0.39 is 5.60 Å². The summed E-state index contributed by atoms with van der Waals surface area (Å²) in [7, 11) is 1.73. The molecule has 2 rings (SSSR count). The van der Waals surface area contributed by atoms with E-state index >= 15 is 0 Å². The van der Waals surface area contributed by atoms with Crippen molar-refractivity contribution in [2.75, 3.05) is 7.11 Å². The first-order valence-corrected chi connectivity index (χ1v) is 6.32. The van der Waals surface area contributed by atoms with Crippen molar-refractivity contribution in [3.8, 4) is 0 Å². The van der Waals surface area contributed by atoms with Gasteiger partial charge in [0, 0.05) is 24.5 Å². The molecule has 0 saturated heterocycles. The van der Waals surface area contributed by atoms with E-state index in [9.17, 15) is 0 Å². The van der Waals surface area contributed by atoms with Gasteiger partial charge in [0.15, 0.2) is 0 Å². The Kier molecular flexibility index (Phi) is 4.00. The molecule has 2 nitrogen and oxygen atoms in total. The molecule has 0 unspecified atom stereocenters. The number of pyridine rings is 1. The van der Waals surface area contributed by atoms with Gasteiger partial charge in [0.2, 0.25) is 0 Å². The van der Waals surface area contributed by atoms with Crippen LogP contribution in [0.2, 0.25) is 5.02 Å². The van der Waals surface area contributed by atoms with E-state index in [4.69, 9.17) is 16.3 Å². The van der Waals surface area contributed by atoms with Gasteiger partial charge in [-0.1, -0.05) is 30.7 Å². The molecule has 0 aliphatic carbocycles. The molecule has 1 aromatic carbocycles.